The van der Waals surface area contributed by atoms with Gasteiger partial charge < -0.3 is 15.1 Å². The zero-order valence-electron chi connectivity index (χ0n) is 13.4. The molecule has 0 aliphatic heterocycles. The standard InChI is InChI=1S/C18H19N3O2S/c1-13-16(21-18(24-13)15-9-5-12-23-15)17(22)20-11-6-10-19-14-7-3-2-4-8-14/h2-5,7-9,12,19H,6,10-11H2,1H3,(H,20,22). The lowest BCUT2D eigenvalue weighted by Gasteiger charge is -2.07. The first-order valence-electron chi connectivity index (χ1n) is 7.82. The molecule has 5 nitrogen and oxygen atoms in total. The molecule has 0 fully saturated rings. The molecule has 0 spiro atoms. The van der Waals surface area contributed by atoms with Gasteiger partial charge in [0, 0.05) is 23.7 Å². The molecule has 3 aromatic rings. The van der Waals surface area contributed by atoms with E-state index < -0.39 is 0 Å². The summed E-state index contributed by atoms with van der Waals surface area (Å²) in [6.07, 6.45) is 2.44. The van der Waals surface area contributed by atoms with Crippen molar-refractivity contribution in [3.05, 3.63) is 59.3 Å². The minimum Gasteiger partial charge on any atom is -0.462 e. The van der Waals surface area contributed by atoms with Crippen LogP contribution >= 0.6 is 11.3 Å². The van der Waals surface area contributed by atoms with Crippen LogP contribution in [-0.4, -0.2) is 24.0 Å². The van der Waals surface area contributed by atoms with Crippen LogP contribution in [0.4, 0.5) is 5.69 Å². The summed E-state index contributed by atoms with van der Waals surface area (Å²) in [5.74, 6) is 0.551. The Labute approximate surface area is 144 Å². The van der Waals surface area contributed by atoms with Crippen molar-refractivity contribution in [3.8, 4) is 10.8 Å². The Bertz CT molecular complexity index is 782. The first-order chi connectivity index (χ1) is 11.7. The van der Waals surface area contributed by atoms with Crippen molar-refractivity contribution < 1.29 is 9.21 Å². The van der Waals surface area contributed by atoms with E-state index in [-0.39, 0.29) is 5.91 Å². The number of hydrogen-bond acceptors (Lipinski definition) is 5. The van der Waals surface area contributed by atoms with Gasteiger partial charge in [0.2, 0.25) is 0 Å². The maximum absolute atomic E-state index is 12.3. The largest absolute Gasteiger partial charge is 0.462 e. The van der Waals surface area contributed by atoms with Crippen molar-refractivity contribution in [2.24, 2.45) is 0 Å². The van der Waals surface area contributed by atoms with E-state index in [2.05, 4.69) is 15.6 Å². The number of carbonyl (C=O) groups excluding carboxylic acids is 1. The van der Waals surface area contributed by atoms with E-state index in [0.29, 0.717) is 18.0 Å². The van der Waals surface area contributed by atoms with E-state index in [1.165, 1.54) is 11.3 Å². The van der Waals surface area contributed by atoms with Gasteiger partial charge in [-0.3, -0.25) is 4.79 Å². The average Bonchev–Trinajstić information content (AvgIpc) is 3.24. The lowest BCUT2D eigenvalue weighted by Crippen LogP contribution is -2.26. The molecule has 1 aromatic carbocycles. The van der Waals surface area contributed by atoms with Crippen LogP contribution in [0, 0.1) is 6.92 Å². The summed E-state index contributed by atoms with van der Waals surface area (Å²) in [5.41, 5.74) is 1.56. The first kappa shape index (κ1) is 16.3. The third-order valence-corrected chi connectivity index (χ3v) is 4.47. The number of nitrogens with zero attached hydrogens (tertiary/aromatic N) is 1. The van der Waals surface area contributed by atoms with Gasteiger partial charge in [-0.05, 0) is 37.6 Å². The Balaban J connectivity index is 1.47. The van der Waals surface area contributed by atoms with Gasteiger partial charge in [-0.25, -0.2) is 4.98 Å². The molecular formula is C18H19N3O2S. The molecule has 24 heavy (non-hydrogen) atoms. The van der Waals surface area contributed by atoms with Crippen molar-refractivity contribution in [2.75, 3.05) is 18.4 Å². The Morgan fingerprint density at radius 2 is 2.00 bits per heavy atom. The maximum Gasteiger partial charge on any atom is 0.271 e. The van der Waals surface area contributed by atoms with Gasteiger partial charge in [-0.1, -0.05) is 18.2 Å². The predicted molar refractivity (Wildman–Crippen MR) is 96.4 cm³/mol. The Hall–Kier alpha value is -2.60. The number of anilines is 1. The molecule has 2 aromatic heterocycles. The number of rotatable bonds is 7. The molecule has 0 saturated heterocycles. The van der Waals surface area contributed by atoms with Gasteiger partial charge in [0.15, 0.2) is 10.8 Å². The van der Waals surface area contributed by atoms with Gasteiger partial charge in [0.25, 0.3) is 5.91 Å². The van der Waals surface area contributed by atoms with E-state index in [0.717, 1.165) is 28.5 Å². The topological polar surface area (TPSA) is 67.2 Å². The highest BCUT2D eigenvalue weighted by Crippen LogP contribution is 2.27. The van der Waals surface area contributed by atoms with Crippen molar-refractivity contribution in [2.45, 2.75) is 13.3 Å². The Morgan fingerprint density at radius 3 is 2.75 bits per heavy atom. The number of thiazole rings is 1. The molecule has 0 bridgehead atoms. The molecule has 0 unspecified atom stereocenters. The van der Waals surface area contributed by atoms with Crippen molar-refractivity contribution in [1.82, 2.24) is 10.3 Å². The Kier molecular flexibility index (Phi) is 5.28. The fourth-order valence-corrected chi connectivity index (χ4v) is 3.15. The first-order valence-corrected chi connectivity index (χ1v) is 8.64. The summed E-state index contributed by atoms with van der Waals surface area (Å²) in [6.45, 7) is 3.31. The van der Waals surface area contributed by atoms with Gasteiger partial charge in [-0.2, -0.15) is 0 Å². The van der Waals surface area contributed by atoms with Crippen LogP contribution in [0.15, 0.2) is 53.1 Å². The maximum atomic E-state index is 12.3. The summed E-state index contributed by atoms with van der Waals surface area (Å²) in [5, 5.41) is 6.96. The molecule has 0 saturated carbocycles. The Morgan fingerprint density at radius 1 is 1.17 bits per heavy atom. The summed E-state index contributed by atoms with van der Waals surface area (Å²) in [4.78, 5) is 17.5. The number of hydrogen-bond donors (Lipinski definition) is 2. The quantitative estimate of drug-likeness (QED) is 0.639. The highest BCUT2D eigenvalue weighted by atomic mass is 32.1. The van der Waals surface area contributed by atoms with Gasteiger partial charge in [0.05, 0.1) is 6.26 Å². The number of para-hydroxylation sites is 1. The normalized spacial score (nSPS) is 10.5. The fraction of sp³-hybridized carbons (Fsp3) is 0.222. The second kappa shape index (κ2) is 7.79. The van der Waals surface area contributed by atoms with Crippen LogP contribution in [-0.2, 0) is 0 Å². The van der Waals surface area contributed by atoms with Crippen LogP contribution < -0.4 is 10.6 Å². The van der Waals surface area contributed by atoms with Gasteiger partial charge in [0.1, 0.15) is 5.69 Å². The van der Waals surface area contributed by atoms with Gasteiger partial charge in [-0.15, -0.1) is 11.3 Å². The van der Waals surface area contributed by atoms with E-state index in [1.807, 2.05) is 49.4 Å². The molecular weight excluding hydrogens is 322 g/mol. The number of benzene rings is 1. The third-order valence-electron chi connectivity index (χ3n) is 3.49. The van der Waals surface area contributed by atoms with E-state index in [9.17, 15) is 4.79 Å². The number of nitrogens with one attached hydrogen (secondary N) is 2. The summed E-state index contributed by atoms with van der Waals surface area (Å²) >= 11 is 1.46. The minimum atomic E-state index is -0.138. The molecule has 0 atom stereocenters. The predicted octanol–water partition coefficient (Wildman–Crippen LogP) is 3.94. The van der Waals surface area contributed by atoms with Gasteiger partial charge >= 0.3 is 0 Å². The van der Waals surface area contributed by atoms with Crippen LogP contribution in [0.5, 0.6) is 0 Å². The fourth-order valence-electron chi connectivity index (χ4n) is 2.28. The molecule has 0 radical (unpaired) electrons. The highest BCUT2D eigenvalue weighted by Gasteiger charge is 2.16. The summed E-state index contributed by atoms with van der Waals surface area (Å²) in [6, 6.07) is 13.7. The molecule has 2 N–H and O–H groups in total. The van der Waals surface area contributed by atoms with Crippen LogP contribution in [0.3, 0.4) is 0 Å². The number of carbonyl (C=O) groups is 1. The van der Waals surface area contributed by atoms with Crippen molar-refractivity contribution in [1.29, 1.82) is 0 Å². The van der Waals surface area contributed by atoms with Crippen LogP contribution in [0.1, 0.15) is 21.8 Å². The number of aromatic nitrogens is 1. The summed E-state index contributed by atoms with van der Waals surface area (Å²) < 4.78 is 5.33. The number of aryl methyl sites for hydroxylation is 1. The van der Waals surface area contributed by atoms with Crippen LogP contribution in [0.2, 0.25) is 0 Å². The monoisotopic (exact) mass is 341 g/mol. The van der Waals surface area contributed by atoms with E-state index in [1.54, 1.807) is 6.26 Å². The highest BCUT2D eigenvalue weighted by molar-refractivity contribution is 7.15. The summed E-state index contributed by atoms with van der Waals surface area (Å²) in [7, 11) is 0. The SMILES string of the molecule is Cc1sc(-c2ccco2)nc1C(=O)NCCCNc1ccccc1. The minimum absolute atomic E-state index is 0.138. The number of furan rings is 1. The van der Waals surface area contributed by atoms with Crippen molar-refractivity contribution >= 4 is 22.9 Å². The molecule has 0 aliphatic carbocycles. The van der Waals surface area contributed by atoms with E-state index >= 15 is 0 Å². The lowest BCUT2D eigenvalue weighted by atomic mass is 10.3. The second-order valence-corrected chi connectivity index (χ2v) is 6.51. The molecule has 0 aliphatic rings. The molecule has 3 rings (SSSR count). The van der Waals surface area contributed by atoms with Crippen LogP contribution in [0.25, 0.3) is 10.8 Å². The third kappa shape index (κ3) is 4.02. The van der Waals surface area contributed by atoms with E-state index in [4.69, 9.17) is 4.42 Å². The average molecular weight is 341 g/mol. The second-order valence-electron chi connectivity index (χ2n) is 5.30. The molecule has 1 amide bonds. The zero-order valence-corrected chi connectivity index (χ0v) is 14.2. The molecule has 6 heteroatoms. The van der Waals surface area contributed by atoms with Crippen molar-refractivity contribution in [3.63, 3.8) is 0 Å². The molecule has 124 valence electrons. The zero-order chi connectivity index (χ0) is 16.8. The smallest absolute Gasteiger partial charge is 0.271 e. The molecule has 2 heterocycles. The number of amides is 1. The lowest BCUT2D eigenvalue weighted by molar-refractivity contribution is 0.0949.